The quantitative estimate of drug-likeness (QED) is 0.193. The van der Waals surface area contributed by atoms with Crippen molar-refractivity contribution in [3.63, 3.8) is 0 Å². The number of morpholine rings is 1. The first kappa shape index (κ1) is 24.5. The Hall–Kier alpha value is -2.64. The van der Waals surface area contributed by atoms with Crippen LogP contribution in [0.2, 0.25) is 5.02 Å². The first-order valence-corrected chi connectivity index (χ1v) is 11.5. The van der Waals surface area contributed by atoms with Crippen molar-refractivity contribution in [1.29, 1.82) is 0 Å². The van der Waals surface area contributed by atoms with E-state index in [-0.39, 0.29) is 33.7 Å². The minimum absolute atomic E-state index is 0.00879. The number of anilines is 2. The molecule has 1 radical (unpaired) electrons. The fraction of sp³-hybridized carbons (Fsp3) is 0.227. The number of hydrazone groups is 1. The molecule has 1 aromatic heterocycles. The van der Waals surface area contributed by atoms with Crippen LogP contribution in [0.4, 0.5) is 24.9 Å². The van der Waals surface area contributed by atoms with Gasteiger partial charge >= 0.3 is 0 Å². The molecule has 2 N–H and O–H groups in total. The van der Waals surface area contributed by atoms with Crippen molar-refractivity contribution in [2.75, 3.05) is 36.6 Å². The minimum Gasteiger partial charge on any atom is -0.709 e. The normalized spacial score (nSPS) is 14.6. The van der Waals surface area contributed by atoms with Gasteiger partial charge in [0, 0.05) is 24.2 Å². The maximum absolute atomic E-state index is 14.1. The predicted octanol–water partition coefficient (Wildman–Crippen LogP) is 1.53. The zero-order valence-electron chi connectivity index (χ0n) is 17.5. The number of rotatable bonds is 6. The van der Waals surface area contributed by atoms with Gasteiger partial charge in [0.15, 0.2) is 15.6 Å². The van der Waals surface area contributed by atoms with Crippen LogP contribution in [0.5, 0.6) is 5.75 Å². The average Bonchev–Trinajstić information content (AvgIpc) is 2.83. The lowest BCUT2D eigenvalue weighted by atomic mass is 10.0. The van der Waals surface area contributed by atoms with Crippen molar-refractivity contribution in [2.45, 2.75) is 3.93 Å². The van der Waals surface area contributed by atoms with Crippen molar-refractivity contribution >= 4 is 29.6 Å². The molecule has 0 unspecified atom stereocenters. The Bertz CT molecular complexity index is 1220. The maximum Gasteiger partial charge on any atom is 0.245 e. The van der Waals surface area contributed by atoms with Crippen molar-refractivity contribution in [1.82, 2.24) is 9.97 Å². The van der Waals surface area contributed by atoms with Crippen LogP contribution in [-0.2, 0) is 8.67 Å². The number of nitrogens with one attached hydrogen (secondary N) is 1. The molecular weight excluding hydrogens is 586 g/mol. The zero-order chi connectivity index (χ0) is 24.3. The van der Waals surface area contributed by atoms with Gasteiger partial charge in [0.05, 0.1) is 30.6 Å². The Kier molecular flexibility index (Phi) is 7.43. The Labute approximate surface area is 211 Å². The molecule has 1 saturated heterocycles. The number of ether oxygens (including phenoxy) is 1. The molecule has 0 bridgehead atoms. The van der Waals surface area contributed by atoms with E-state index in [2.05, 4.69) is 20.5 Å². The topological polar surface area (TPSA) is 82.9 Å². The van der Waals surface area contributed by atoms with E-state index in [0.29, 0.717) is 37.4 Å². The SMILES string of the molecule is Oc1c(/C=N\Nc2ncc(F)c(N3CCOCC3)n2)ccc(-c2cccc(C(F)(F)[I-])c2)c1Cl. The molecule has 0 saturated carbocycles. The molecule has 0 atom stereocenters. The van der Waals surface area contributed by atoms with Gasteiger partial charge in [0.2, 0.25) is 5.95 Å². The Balaban J connectivity index is 1.52. The van der Waals surface area contributed by atoms with E-state index in [4.69, 9.17) is 16.3 Å². The van der Waals surface area contributed by atoms with Crippen LogP contribution in [0.1, 0.15) is 11.1 Å². The average molecular weight is 604 g/mol. The van der Waals surface area contributed by atoms with Crippen molar-refractivity contribution < 1.29 is 45.6 Å². The molecular formula is C22H18ClF3IN5O2-. The fourth-order valence-corrected chi connectivity index (χ4v) is 3.95. The second-order valence-electron chi connectivity index (χ2n) is 7.28. The number of phenolic OH excluding ortho intramolecular Hbond substituents is 1. The van der Waals surface area contributed by atoms with Crippen LogP contribution in [0.3, 0.4) is 0 Å². The molecule has 179 valence electrons. The van der Waals surface area contributed by atoms with Crippen LogP contribution in [0.25, 0.3) is 11.1 Å². The van der Waals surface area contributed by atoms with Crippen LogP contribution in [-0.4, -0.2) is 47.6 Å². The molecule has 1 aliphatic rings. The lowest BCUT2D eigenvalue weighted by Crippen LogP contribution is -3.40. The molecule has 12 heteroatoms. The van der Waals surface area contributed by atoms with E-state index < -0.39 is 9.75 Å². The molecule has 1 aliphatic heterocycles. The Morgan fingerprint density at radius 2 is 2.00 bits per heavy atom. The highest BCUT2D eigenvalue weighted by Crippen LogP contribution is 2.37. The molecule has 4 rings (SSSR count). The lowest BCUT2D eigenvalue weighted by molar-refractivity contribution is -0.583. The molecule has 0 spiro atoms. The number of halogens is 5. The first-order valence-electron chi connectivity index (χ1n) is 10.1. The summed E-state index contributed by atoms with van der Waals surface area (Å²) in [7, 11) is 0. The van der Waals surface area contributed by atoms with E-state index in [1.165, 1.54) is 24.4 Å². The predicted molar refractivity (Wildman–Crippen MR) is 119 cm³/mol. The summed E-state index contributed by atoms with van der Waals surface area (Å²) in [6, 6.07) is 8.90. The van der Waals surface area contributed by atoms with Gasteiger partial charge in [-0.15, -0.1) is 0 Å². The standard InChI is InChI=1S/C22H18ClF3IN5O2/c23-18-16(13-2-1-3-15(10-13)22(25,26)27)5-4-14(19(18)33)11-29-31-21-28-12-17(24)20(30-21)32-6-8-34-9-7-32/h1-5,10-12,33H,6-9H2,(H,28,30,31)/q-1/b29-11-. The van der Waals surface area contributed by atoms with Crippen LogP contribution < -0.4 is 32.9 Å². The fourth-order valence-electron chi connectivity index (χ4n) is 3.34. The second kappa shape index (κ2) is 10.3. The smallest absolute Gasteiger partial charge is 0.245 e. The van der Waals surface area contributed by atoms with Gasteiger partial charge < -0.3 is 37.3 Å². The van der Waals surface area contributed by atoms with Gasteiger partial charge in [-0.2, -0.15) is 10.1 Å². The number of hydrogen-bond acceptors (Lipinski definition) is 7. The van der Waals surface area contributed by atoms with Crippen molar-refractivity contribution in [3.8, 4) is 16.9 Å². The van der Waals surface area contributed by atoms with E-state index in [9.17, 15) is 18.3 Å². The third kappa shape index (κ3) is 5.53. The number of aromatic nitrogens is 2. The third-order valence-electron chi connectivity index (χ3n) is 5.05. The van der Waals surface area contributed by atoms with E-state index in [1.807, 2.05) is 0 Å². The molecule has 0 amide bonds. The summed E-state index contributed by atoms with van der Waals surface area (Å²) in [5.74, 6) is -0.616. The summed E-state index contributed by atoms with van der Waals surface area (Å²) in [5.41, 5.74) is 3.53. The van der Waals surface area contributed by atoms with Gasteiger partial charge in [0.1, 0.15) is 5.75 Å². The molecule has 7 nitrogen and oxygen atoms in total. The summed E-state index contributed by atoms with van der Waals surface area (Å²) in [5, 5.41) is 14.5. The molecule has 0 aliphatic carbocycles. The van der Waals surface area contributed by atoms with Gasteiger partial charge in [-0.25, -0.2) is 23.6 Å². The number of phenols is 1. The van der Waals surface area contributed by atoms with Crippen molar-refractivity contribution in [2.24, 2.45) is 5.10 Å². The summed E-state index contributed by atoms with van der Waals surface area (Å²) < 4.78 is 43.7. The molecule has 2 aromatic carbocycles. The van der Waals surface area contributed by atoms with E-state index in [1.54, 1.807) is 23.1 Å². The second-order valence-corrected chi connectivity index (χ2v) is 9.01. The largest absolute Gasteiger partial charge is 0.709 e. The van der Waals surface area contributed by atoms with Gasteiger partial charge in [-0.05, 0) is 23.3 Å². The molecule has 1 fully saturated rings. The summed E-state index contributed by atoms with van der Waals surface area (Å²) >= 11 is 7.37. The van der Waals surface area contributed by atoms with Gasteiger partial charge in [-0.1, -0.05) is 35.9 Å². The van der Waals surface area contributed by atoms with Crippen molar-refractivity contribution in [3.05, 3.63) is 64.6 Å². The molecule has 2 heterocycles. The summed E-state index contributed by atoms with van der Waals surface area (Å²) in [6.07, 6.45) is 2.34. The highest BCUT2D eigenvalue weighted by Gasteiger charge is 2.19. The number of alkyl halides is 3. The summed E-state index contributed by atoms with van der Waals surface area (Å²) in [6.45, 7) is 1.97. The molecule has 3 aromatic rings. The monoisotopic (exact) mass is 603 g/mol. The number of hydrogen-bond donors (Lipinski definition) is 2. The number of nitrogens with zero attached hydrogens (tertiary/aromatic N) is 4. The minimum atomic E-state index is -3.04. The van der Waals surface area contributed by atoms with E-state index in [0.717, 1.165) is 28.8 Å². The summed E-state index contributed by atoms with van der Waals surface area (Å²) in [4.78, 5) is 9.78. The lowest BCUT2D eigenvalue weighted by Gasteiger charge is -2.27. The first-order chi connectivity index (χ1) is 16.2. The van der Waals surface area contributed by atoms with Crippen LogP contribution >= 0.6 is 11.6 Å². The van der Waals surface area contributed by atoms with Gasteiger partial charge in [-0.3, -0.25) is 0 Å². The van der Waals surface area contributed by atoms with Gasteiger partial charge in [0.25, 0.3) is 0 Å². The number of benzene rings is 2. The zero-order valence-corrected chi connectivity index (χ0v) is 20.4. The maximum atomic E-state index is 14.1. The Morgan fingerprint density at radius 3 is 2.74 bits per heavy atom. The highest BCUT2D eigenvalue weighted by molar-refractivity contribution is 6.35. The van der Waals surface area contributed by atoms with Crippen LogP contribution in [0.15, 0.2) is 47.7 Å². The Morgan fingerprint density at radius 1 is 1.24 bits per heavy atom. The third-order valence-corrected chi connectivity index (χ3v) is 6.06. The van der Waals surface area contributed by atoms with Crippen LogP contribution in [0, 0.1) is 5.82 Å². The number of aromatic hydroxyl groups is 1. The highest BCUT2D eigenvalue weighted by atomic mass is 127. The van der Waals surface area contributed by atoms with E-state index >= 15 is 0 Å². The molecule has 34 heavy (non-hydrogen) atoms.